The van der Waals surface area contributed by atoms with Gasteiger partial charge in [0.25, 0.3) is 0 Å². The second kappa shape index (κ2) is 11.6. The Morgan fingerprint density at radius 2 is 1.73 bits per heavy atom. The van der Waals surface area contributed by atoms with Crippen molar-refractivity contribution in [1.82, 2.24) is 4.98 Å². The van der Waals surface area contributed by atoms with Gasteiger partial charge in [0, 0.05) is 34.0 Å². The molecule has 0 atom stereocenters. The van der Waals surface area contributed by atoms with Crippen LogP contribution in [0.15, 0.2) is 53.9 Å². The number of Topliss-reactive ketones (excluding diaryl/α,β-unsaturated/α-hetero) is 2. The number of pyridine rings is 1. The topological polar surface area (TPSA) is 99.3 Å². The van der Waals surface area contributed by atoms with Crippen LogP contribution < -0.4 is 14.2 Å². The molecule has 2 aromatic heterocycles. The highest BCUT2D eigenvalue weighted by Gasteiger charge is 2.19. The van der Waals surface area contributed by atoms with Crippen LogP contribution >= 0.6 is 11.3 Å². The Bertz CT molecular complexity index is 1500. The number of fused-ring (bicyclic) bond motifs is 1. The van der Waals surface area contributed by atoms with Crippen LogP contribution in [0.2, 0.25) is 0 Å². The third-order valence-corrected chi connectivity index (χ3v) is 6.68. The summed E-state index contributed by atoms with van der Waals surface area (Å²) < 4.78 is 17.2. The largest absolute Gasteiger partial charge is 0.494 e. The van der Waals surface area contributed by atoms with Gasteiger partial charge in [-0.25, -0.2) is 9.83 Å². The van der Waals surface area contributed by atoms with Gasteiger partial charge in [0.15, 0.2) is 28.8 Å². The molecule has 2 heterocycles. The molecule has 37 heavy (non-hydrogen) atoms. The molecule has 4 aromatic rings. The van der Waals surface area contributed by atoms with E-state index in [4.69, 9.17) is 25.9 Å². The van der Waals surface area contributed by atoms with Crippen molar-refractivity contribution in [2.45, 2.75) is 12.8 Å². The molecule has 4 rings (SSSR count). The molecule has 0 saturated heterocycles. The molecule has 0 spiro atoms. The van der Waals surface area contributed by atoms with E-state index in [1.165, 1.54) is 25.6 Å². The minimum atomic E-state index is -0.270. The lowest BCUT2D eigenvalue weighted by Gasteiger charge is -2.11. The van der Waals surface area contributed by atoms with Crippen molar-refractivity contribution in [3.63, 3.8) is 0 Å². The smallest absolute Gasteiger partial charge is 0.187 e. The monoisotopic (exact) mass is 516 g/mol. The van der Waals surface area contributed by atoms with Crippen LogP contribution in [0, 0.1) is 6.57 Å². The lowest BCUT2D eigenvalue weighted by atomic mass is 10.0. The Kier molecular flexibility index (Phi) is 8.13. The van der Waals surface area contributed by atoms with Gasteiger partial charge in [-0.3, -0.25) is 9.59 Å². The number of nitrogens with zero attached hydrogens (tertiary/aromatic N) is 2. The van der Waals surface area contributed by atoms with Gasteiger partial charge in [0.1, 0.15) is 23.7 Å². The summed E-state index contributed by atoms with van der Waals surface area (Å²) in [4.78, 5) is 33.9. The maximum Gasteiger partial charge on any atom is 0.187 e. The number of carbonyl (C=O) groups is 2. The first kappa shape index (κ1) is 25.8. The van der Waals surface area contributed by atoms with Gasteiger partial charge in [-0.05, 0) is 41.8 Å². The van der Waals surface area contributed by atoms with Gasteiger partial charge < -0.3 is 19.3 Å². The van der Waals surface area contributed by atoms with Crippen LogP contribution in [0.1, 0.15) is 33.7 Å². The van der Waals surface area contributed by atoms with Gasteiger partial charge in [-0.15, -0.1) is 11.3 Å². The average molecular weight is 517 g/mol. The fourth-order valence-electron chi connectivity index (χ4n) is 3.84. The van der Waals surface area contributed by atoms with E-state index in [-0.39, 0.29) is 43.3 Å². The van der Waals surface area contributed by atoms with Crippen LogP contribution in [0.3, 0.4) is 0 Å². The zero-order valence-corrected chi connectivity index (χ0v) is 21.1. The standard InChI is InChI=1S/C28H24N2O6S/c1-29-18-5-11-27-19(15-18)20(16-37-27)28-25(34-2)10-6-21(30-28)23(33)8-7-22(32)17-4-9-24(36-13-12-31)26(14-17)35-3/h4-6,9-11,14-16,31H,7-8,12-13H2,2-3H3. The van der Waals surface area contributed by atoms with Crippen molar-refractivity contribution in [3.8, 4) is 28.5 Å². The first-order valence-electron chi connectivity index (χ1n) is 11.4. The van der Waals surface area contributed by atoms with E-state index in [1.807, 2.05) is 11.4 Å². The third-order valence-electron chi connectivity index (χ3n) is 5.72. The molecule has 188 valence electrons. The number of ether oxygens (including phenoxy) is 3. The third kappa shape index (κ3) is 5.61. The van der Waals surface area contributed by atoms with Gasteiger partial charge in [-0.1, -0.05) is 12.1 Å². The minimum absolute atomic E-state index is 0.00236. The summed E-state index contributed by atoms with van der Waals surface area (Å²) in [5.74, 6) is 0.814. The first-order valence-corrected chi connectivity index (χ1v) is 12.3. The summed E-state index contributed by atoms with van der Waals surface area (Å²) in [5.41, 5.74) is 2.43. The fraction of sp³-hybridized carbons (Fsp3) is 0.214. The fourth-order valence-corrected chi connectivity index (χ4v) is 4.77. The summed E-state index contributed by atoms with van der Waals surface area (Å²) in [5, 5.41) is 11.7. The number of hydrogen-bond donors (Lipinski definition) is 1. The van der Waals surface area contributed by atoms with Crippen LogP contribution in [0.5, 0.6) is 17.2 Å². The summed E-state index contributed by atoms with van der Waals surface area (Å²) >= 11 is 1.52. The molecule has 0 unspecified atom stereocenters. The molecule has 8 nitrogen and oxygen atoms in total. The molecule has 9 heteroatoms. The number of aliphatic hydroxyl groups is 1. The summed E-state index contributed by atoms with van der Waals surface area (Å²) in [6.07, 6.45) is -0.0213. The predicted octanol–water partition coefficient (Wildman–Crippen LogP) is 5.75. The Morgan fingerprint density at radius 3 is 2.46 bits per heavy atom. The summed E-state index contributed by atoms with van der Waals surface area (Å²) in [6, 6.07) is 13.5. The molecule has 0 saturated carbocycles. The molecular weight excluding hydrogens is 492 g/mol. The lowest BCUT2D eigenvalue weighted by Crippen LogP contribution is -2.08. The molecule has 1 N–H and O–H groups in total. The highest BCUT2D eigenvalue weighted by Crippen LogP contribution is 2.39. The van der Waals surface area contributed by atoms with E-state index in [9.17, 15) is 9.59 Å². The number of methoxy groups -OCH3 is 2. The van der Waals surface area contributed by atoms with E-state index in [0.29, 0.717) is 34.2 Å². The predicted molar refractivity (Wildman–Crippen MR) is 141 cm³/mol. The molecule has 0 aliphatic rings. The Hall–Kier alpha value is -4.26. The summed E-state index contributed by atoms with van der Waals surface area (Å²) in [6.45, 7) is 7.28. The molecule has 0 fully saturated rings. The Morgan fingerprint density at radius 1 is 0.973 bits per heavy atom. The first-order chi connectivity index (χ1) is 18.0. The van der Waals surface area contributed by atoms with E-state index in [2.05, 4.69) is 9.83 Å². The van der Waals surface area contributed by atoms with Crippen molar-refractivity contribution in [2.24, 2.45) is 0 Å². The quantitative estimate of drug-likeness (QED) is 0.200. The Labute approximate surface area is 217 Å². The molecule has 0 aliphatic carbocycles. The number of thiophene rings is 1. The normalized spacial score (nSPS) is 10.6. The number of rotatable bonds is 11. The highest BCUT2D eigenvalue weighted by molar-refractivity contribution is 7.17. The van der Waals surface area contributed by atoms with Crippen molar-refractivity contribution in [3.05, 3.63) is 76.6 Å². The van der Waals surface area contributed by atoms with E-state index in [1.54, 1.807) is 42.5 Å². The number of hydrogen-bond acceptors (Lipinski definition) is 8. The SMILES string of the molecule is [C-]#[N+]c1ccc2scc(-c3nc(C(=O)CCC(=O)c4ccc(OCCO)c(OC)c4)ccc3OC)c2c1. The zero-order valence-electron chi connectivity index (χ0n) is 20.3. The molecular formula is C28H24N2O6S. The van der Waals surface area contributed by atoms with Gasteiger partial charge in [0.2, 0.25) is 0 Å². The Balaban J connectivity index is 1.54. The second-order valence-electron chi connectivity index (χ2n) is 7.97. The van der Waals surface area contributed by atoms with Crippen LogP contribution in [-0.4, -0.2) is 49.1 Å². The molecule has 0 radical (unpaired) electrons. The number of carbonyl (C=O) groups excluding carboxylic acids is 2. The van der Waals surface area contributed by atoms with E-state index in [0.717, 1.165) is 15.6 Å². The molecule has 2 aromatic carbocycles. The lowest BCUT2D eigenvalue weighted by molar-refractivity contribution is 0.0914. The number of aliphatic hydroxyl groups excluding tert-OH is 1. The van der Waals surface area contributed by atoms with E-state index >= 15 is 0 Å². The minimum Gasteiger partial charge on any atom is -0.494 e. The van der Waals surface area contributed by atoms with Crippen LogP contribution in [-0.2, 0) is 0 Å². The maximum absolute atomic E-state index is 13.0. The number of aromatic nitrogens is 1. The maximum atomic E-state index is 13.0. The zero-order chi connectivity index (χ0) is 26.4. The van der Waals surface area contributed by atoms with Crippen molar-refractivity contribution in [2.75, 3.05) is 27.4 Å². The molecule has 0 amide bonds. The van der Waals surface area contributed by atoms with Crippen molar-refractivity contribution < 1.29 is 28.9 Å². The van der Waals surface area contributed by atoms with Crippen LogP contribution in [0.4, 0.5) is 5.69 Å². The van der Waals surface area contributed by atoms with Gasteiger partial charge in [-0.2, -0.15) is 0 Å². The molecule has 0 aliphatic heterocycles. The number of ketones is 2. The highest BCUT2D eigenvalue weighted by atomic mass is 32.1. The van der Waals surface area contributed by atoms with Crippen molar-refractivity contribution >= 4 is 38.7 Å². The molecule has 0 bridgehead atoms. The number of benzene rings is 2. The average Bonchev–Trinajstić information content (AvgIpc) is 3.37. The van der Waals surface area contributed by atoms with E-state index < -0.39 is 0 Å². The van der Waals surface area contributed by atoms with Crippen LogP contribution in [0.25, 0.3) is 26.2 Å². The van der Waals surface area contributed by atoms with Gasteiger partial charge in [0.05, 0.1) is 27.4 Å². The summed E-state index contributed by atoms with van der Waals surface area (Å²) in [7, 11) is 3.00. The van der Waals surface area contributed by atoms with Gasteiger partial charge >= 0.3 is 0 Å². The van der Waals surface area contributed by atoms with Crippen molar-refractivity contribution in [1.29, 1.82) is 0 Å². The second-order valence-corrected chi connectivity index (χ2v) is 8.88.